The van der Waals surface area contributed by atoms with Gasteiger partial charge in [0.25, 0.3) is 6.47 Å². The Bertz CT molecular complexity index is 632. The zero-order valence-corrected chi connectivity index (χ0v) is 11.6. The fraction of sp³-hybridized carbons (Fsp3) is 0.500. The van der Waals surface area contributed by atoms with Gasteiger partial charge in [-0.2, -0.15) is 4.98 Å². The van der Waals surface area contributed by atoms with Gasteiger partial charge in [-0.3, -0.25) is 4.79 Å². The zero-order valence-electron chi connectivity index (χ0n) is 11.6. The van der Waals surface area contributed by atoms with E-state index in [2.05, 4.69) is 28.4 Å². The number of nitrogens with zero attached hydrogens (tertiary/aromatic N) is 3. The van der Waals surface area contributed by atoms with Crippen LogP contribution in [0, 0.1) is 0 Å². The van der Waals surface area contributed by atoms with Crippen LogP contribution in [0.3, 0.4) is 0 Å². The normalized spacial score (nSPS) is 18.2. The molecular formula is C14H17N3O3. The summed E-state index contributed by atoms with van der Waals surface area (Å²) in [5.74, 6) is 1.56. The smallest absolute Gasteiger partial charge is 0.299 e. The Labute approximate surface area is 116 Å². The van der Waals surface area contributed by atoms with Gasteiger partial charge in [0.1, 0.15) is 11.3 Å². The minimum Gasteiger partial charge on any atom is -0.410 e. The summed E-state index contributed by atoms with van der Waals surface area (Å²) >= 11 is 0. The van der Waals surface area contributed by atoms with Gasteiger partial charge in [-0.25, -0.2) is 4.98 Å². The maximum absolute atomic E-state index is 10.4. The van der Waals surface area contributed by atoms with Crippen LogP contribution in [-0.2, 0) is 16.1 Å². The summed E-state index contributed by atoms with van der Waals surface area (Å²) < 4.78 is 12.4. The number of ether oxygens (including phenoxy) is 2. The summed E-state index contributed by atoms with van der Waals surface area (Å²) in [6.45, 7) is 6.14. The van der Waals surface area contributed by atoms with Gasteiger partial charge < -0.3 is 14.0 Å². The molecule has 106 valence electrons. The summed E-state index contributed by atoms with van der Waals surface area (Å²) in [7, 11) is 0. The molecule has 1 fully saturated rings. The molecule has 6 nitrogen and oxygen atoms in total. The summed E-state index contributed by atoms with van der Waals surface area (Å²) in [5, 5.41) is 0. The molecule has 0 spiro atoms. The van der Waals surface area contributed by atoms with Gasteiger partial charge in [0.05, 0.1) is 12.6 Å². The van der Waals surface area contributed by atoms with E-state index in [1.165, 1.54) is 0 Å². The third-order valence-electron chi connectivity index (χ3n) is 3.46. The topological polar surface area (TPSA) is 66.2 Å². The fourth-order valence-corrected chi connectivity index (χ4v) is 2.37. The molecule has 0 aliphatic carbocycles. The number of carbonyl (C=O) groups excluding carboxylic acids is 1. The third-order valence-corrected chi connectivity index (χ3v) is 3.46. The van der Waals surface area contributed by atoms with Gasteiger partial charge in [-0.15, -0.1) is 0 Å². The summed E-state index contributed by atoms with van der Waals surface area (Å²) in [6.07, 6.45) is 1.28. The number of fused-ring (bicyclic) bond motifs is 1. The van der Waals surface area contributed by atoms with Gasteiger partial charge in [0.2, 0.25) is 5.88 Å². The highest BCUT2D eigenvalue weighted by atomic mass is 16.5. The van der Waals surface area contributed by atoms with Crippen LogP contribution in [0.4, 0.5) is 0 Å². The lowest BCUT2D eigenvalue weighted by molar-refractivity contribution is -0.120. The van der Waals surface area contributed by atoms with Gasteiger partial charge in [-0.05, 0) is 12.5 Å². The van der Waals surface area contributed by atoms with Crippen molar-refractivity contribution in [3.05, 3.63) is 18.0 Å². The highest BCUT2D eigenvalue weighted by molar-refractivity contribution is 5.72. The standard InChI is InChI=1S/C14H17N3O3/c1-9(2)13-15-11-3-4-12(20-8-18)16-14(11)17(13)7-10-5-6-19-10/h3-4,8-10H,5-7H2,1-2H3. The first-order valence-corrected chi connectivity index (χ1v) is 6.78. The van der Waals surface area contributed by atoms with Crippen molar-refractivity contribution >= 4 is 17.6 Å². The van der Waals surface area contributed by atoms with Crippen molar-refractivity contribution in [3.63, 3.8) is 0 Å². The lowest BCUT2D eigenvalue weighted by atomic mass is 10.1. The van der Waals surface area contributed by atoms with Crippen LogP contribution in [0.15, 0.2) is 12.1 Å². The molecule has 0 radical (unpaired) electrons. The van der Waals surface area contributed by atoms with Crippen molar-refractivity contribution in [1.29, 1.82) is 0 Å². The van der Waals surface area contributed by atoms with E-state index in [1.807, 2.05) is 6.07 Å². The second kappa shape index (κ2) is 5.20. The van der Waals surface area contributed by atoms with Crippen molar-refractivity contribution in [2.24, 2.45) is 0 Å². The van der Waals surface area contributed by atoms with E-state index in [-0.39, 0.29) is 6.10 Å². The van der Waals surface area contributed by atoms with Crippen LogP contribution in [-0.4, -0.2) is 33.7 Å². The quantitative estimate of drug-likeness (QED) is 0.779. The molecule has 0 N–H and O–H groups in total. The predicted molar refractivity (Wildman–Crippen MR) is 72.7 cm³/mol. The molecule has 20 heavy (non-hydrogen) atoms. The zero-order chi connectivity index (χ0) is 14.1. The average Bonchev–Trinajstić information content (AvgIpc) is 2.72. The van der Waals surface area contributed by atoms with E-state index < -0.39 is 0 Å². The summed E-state index contributed by atoms with van der Waals surface area (Å²) in [5.41, 5.74) is 1.55. The van der Waals surface area contributed by atoms with Gasteiger partial charge in [-0.1, -0.05) is 13.8 Å². The van der Waals surface area contributed by atoms with E-state index in [0.717, 1.165) is 36.6 Å². The SMILES string of the molecule is CC(C)c1nc2ccc(OC=O)nc2n1CC1CCO1. The number of hydrogen-bond donors (Lipinski definition) is 0. The van der Waals surface area contributed by atoms with Crippen LogP contribution >= 0.6 is 0 Å². The Morgan fingerprint density at radius 3 is 2.90 bits per heavy atom. The molecule has 3 rings (SSSR count). The van der Waals surface area contributed by atoms with Gasteiger partial charge in [0, 0.05) is 18.6 Å². The lowest BCUT2D eigenvalue weighted by Crippen LogP contribution is -2.32. The molecule has 2 aromatic rings. The van der Waals surface area contributed by atoms with Crippen LogP contribution in [0.5, 0.6) is 5.88 Å². The Balaban J connectivity index is 2.06. The molecule has 6 heteroatoms. The Morgan fingerprint density at radius 2 is 2.30 bits per heavy atom. The first kappa shape index (κ1) is 13.1. The van der Waals surface area contributed by atoms with Crippen molar-refractivity contribution in [2.45, 2.75) is 38.8 Å². The molecule has 0 amide bonds. The number of carbonyl (C=O) groups is 1. The second-order valence-electron chi connectivity index (χ2n) is 5.22. The predicted octanol–water partition coefficient (Wildman–Crippen LogP) is 1.88. The van der Waals surface area contributed by atoms with Gasteiger partial charge in [0.15, 0.2) is 5.65 Å². The molecule has 0 saturated carbocycles. The number of imidazole rings is 1. The van der Waals surface area contributed by atoms with Crippen LogP contribution in [0.2, 0.25) is 0 Å². The average molecular weight is 275 g/mol. The molecule has 1 saturated heterocycles. The largest absolute Gasteiger partial charge is 0.410 e. The molecule has 2 aromatic heterocycles. The highest BCUT2D eigenvalue weighted by Gasteiger charge is 2.23. The summed E-state index contributed by atoms with van der Waals surface area (Å²) in [4.78, 5) is 19.4. The van der Waals surface area contributed by atoms with E-state index in [1.54, 1.807) is 6.07 Å². The summed E-state index contributed by atoms with van der Waals surface area (Å²) in [6, 6.07) is 3.48. The number of pyridine rings is 1. The van der Waals surface area contributed by atoms with Crippen molar-refractivity contribution in [3.8, 4) is 5.88 Å². The third kappa shape index (κ3) is 2.27. The first-order chi connectivity index (χ1) is 9.69. The molecule has 3 heterocycles. The maximum Gasteiger partial charge on any atom is 0.299 e. The molecule has 1 aliphatic heterocycles. The van der Waals surface area contributed by atoms with E-state index >= 15 is 0 Å². The Kier molecular flexibility index (Phi) is 3.40. The monoisotopic (exact) mass is 275 g/mol. The van der Waals surface area contributed by atoms with Crippen LogP contribution in [0.1, 0.15) is 32.0 Å². The minimum atomic E-state index is 0.224. The lowest BCUT2D eigenvalue weighted by Gasteiger charge is -2.27. The number of rotatable bonds is 5. The van der Waals surface area contributed by atoms with Crippen molar-refractivity contribution < 1.29 is 14.3 Å². The van der Waals surface area contributed by atoms with E-state index in [9.17, 15) is 4.79 Å². The first-order valence-electron chi connectivity index (χ1n) is 6.78. The number of hydrogen-bond acceptors (Lipinski definition) is 5. The molecule has 0 aromatic carbocycles. The van der Waals surface area contributed by atoms with E-state index in [0.29, 0.717) is 18.3 Å². The minimum absolute atomic E-state index is 0.224. The highest BCUT2D eigenvalue weighted by Crippen LogP contribution is 2.25. The number of aromatic nitrogens is 3. The van der Waals surface area contributed by atoms with Crippen LogP contribution < -0.4 is 4.74 Å². The maximum atomic E-state index is 10.4. The molecule has 1 atom stereocenters. The molecule has 1 unspecified atom stereocenters. The fourth-order valence-electron chi connectivity index (χ4n) is 2.37. The van der Waals surface area contributed by atoms with Crippen LogP contribution in [0.25, 0.3) is 11.2 Å². The molecular weight excluding hydrogens is 258 g/mol. The molecule has 0 bridgehead atoms. The van der Waals surface area contributed by atoms with Crippen molar-refractivity contribution in [1.82, 2.24) is 14.5 Å². The Morgan fingerprint density at radius 1 is 1.50 bits per heavy atom. The van der Waals surface area contributed by atoms with Gasteiger partial charge >= 0.3 is 0 Å². The molecule has 1 aliphatic rings. The Hall–Kier alpha value is -1.95. The van der Waals surface area contributed by atoms with E-state index in [4.69, 9.17) is 9.47 Å². The van der Waals surface area contributed by atoms with Crippen molar-refractivity contribution in [2.75, 3.05) is 6.61 Å². The second-order valence-corrected chi connectivity index (χ2v) is 5.22.